The number of ether oxygens (including phenoxy) is 2. The molecule has 0 radical (unpaired) electrons. The van der Waals surface area contributed by atoms with Gasteiger partial charge in [0, 0.05) is 6.04 Å². The number of hydrogen-bond donors (Lipinski definition) is 1. The Hall–Kier alpha value is -2.37. The van der Waals surface area contributed by atoms with Crippen LogP contribution in [0.15, 0.2) is 24.3 Å². The molecule has 0 aliphatic rings. The maximum absolute atomic E-state index is 11.7. The molecule has 0 fully saturated rings. The van der Waals surface area contributed by atoms with Gasteiger partial charge in [-0.3, -0.25) is 4.79 Å². The van der Waals surface area contributed by atoms with E-state index >= 15 is 0 Å². The van der Waals surface area contributed by atoms with E-state index < -0.39 is 11.9 Å². The number of hydrogen-bond acceptors (Lipinski definition) is 5. The maximum Gasteiger partial charge on any atom is 0.338 e. The monoisotopic (exact) mass is 293 g/mol. The van der Waals surface area contributed by atoms with Crippen LogP contribution in [-0.4, -0.2) is 37.6 Å². The van der Waals surface area contributed by atoms with Gasteiger partial charge in [-0.1, -0.05) is 6.92 Å². The van der Waals surface area contributed by atoms with Gasteiger partial charge < -0.3 is 14.8 Å². The van der Waals surface area contributed by atoms with Gasteiger partial charge in [-0.2, -0.15) is 0 Å². The number of carbonyl (C=O) groups is 3. The molecule has 1 aromatic rings. The van der Waals surface area contributed by atoms with E-state index in [4.69, 9.17) is 4.74 Å². The molecule has 1 atom stereocenters. The summed E-state index contributed by atoms with van der Waals surface area (Å²) in [7, 11) is 1.28. The van der Waals surface area contributed by atoms with Crippen LogP contribution in [-0.2, 0) is 14.3 Å². The molecule has 21 heavy (non-hydrogen) atoms. The first-order valence-electron chi connectivity index (χ1n) is 6.62. The Balaban J connectivity index is 2.52. The van der Waals surface area contributed by atoms with Crippen LogP contribution in [0.25, 0.3) is 0 Å². The third kappa shape index (κ3) is 5.25. The largest absolute Gasteiger partial charge is 0.465 e. The van der Waals surface area contributed by atoms with Gasteiger partial charge in [0.1, 0.15) is 0 Å². The van der Waals surface area contributed by atoms with Crippen molar-refractivity contribution in [3.8, 4) is 0 Å². The highest BCUT2D eigenvalue weighted by atomic mass is 16.5. The average Bonchev–Trinajstić information content (AvgIpc) is 2.51. The zero-order valence-electron chi connectivity index (χ0n) is 12.3. The first kappa shape index (κ1) is 16.7. The molecule has 114 valence electrons. The van der Waals surface area contributed by atoms with Gasteiger partial charge in [0.2, 0.25) is 0 Å². The van der Waals surface area contributed by atoms with Crippen LogP contribution in [0.1, 0.15) is 41.0 Å². The lowest BCUT2D eigenvalue weighted by atomic mass is 10.1. The van der Waals surface area contributed by atoms with E-state index in [0.717, 1.165) is 6.42 Å². The van der Waals surface area contributed by atoms with Crippen molar-refractivity contribution in [1.82, 2.24) is 5.32 Å². The molecule has 0 saturated heterocycles. The minimum atomic E-state index is -0.620. The number of benzene rings is 1. The Bertz CT molecular complexity index is 509. The first-order valence-corrected chi connectivity index (χ1v) is 6.62. The molecule has 1 amide bonds. The maximum atomic E-state index is 11.7. The third-order valence-corrected chi connectivity index (χ3v) is 2.90. The zero-order chi connectivity index (χ0) is 15.8. The molecule has 0 aliphatic carbocycles. The molecule has 1 aromatic carbocycles. The van der Waals surface area contributed by atoms with Crippen molar-refractivity contribution in [3.63, 3.8) is 0 Å². The normalized spacial score (nSPS) is 11.4. The van der Waals surface area contributed by atoms with Gasteiger partial charge in [-0.05, 0) is 37.6 Å². The lowest BCUT2D eigenvalue weighted by Gasteiger charge is -2.11. The summed E-state index contributed by atoms with van der Waals surface area (Å²) >= 11 is 0. The van der Waals surface area contributed by atoms with E-state index in [-0.39, 0.29) is 24.1 Å². The Labute approximate surface area is 123 Å². The number of methoxy groups -OCH3 is 1. The number of amides is 1. The SMILES string of the molecule is CC[C@H](C)NC(=O)COC(=O)c1ccc(C(=O)OC)cc1. The van der Waals surface area contributed by atoms with Crippen LogP contribution in [0, 0.1) is 0 Å². The number of carbonyl (C=O) groups excluding carboxylic acids is 3. The van der Waals surface area contributed by atoms with Gasteiger partial charge in [-0.15, -0.1) is 0 Å². The van der Waals surface area contributed by atoms with E-state index in [0.29, 0.717) is 5.56 Å². The van der Waals surface area contributed by atoms with Crippen LogP contribution in [0.4, 0.5) is 0 Å². The summed E-state index contributed by atoms with van der Waals surface area (Å²) in [6.45, 7) is 3.48. The minimum Gasteiger partial charge on any atom is -0.465 e. The summed E-state index contributed by atoms with van der Waals surface area (Å²) < 4.78 is 9.45. The summed E-state index contributed by atoms with van der Waals surface area (Å²) in [5.74, 6) is -1.45. The number of esters is 2. The first-order chi connectivity index (χ1) is 9.97. The summed E-state index contributed by atoms with van der Waals surface area (Å²) in [6, 6.07) is 5.85. The van der Waals surface area contributed by atoms with Gasteiger partial charge in [0.25, 0.3) is 5.91 Å². The second kappa shape index (κ2) is 8.04. The highest BCUT2D eigenvalue weighted by Gasteiger charge is 2.12. The van der Waals surface area contributed by atoms with Crippen LogP contribution >= 0.6 is 0 Å². The van der Waals surface area contributed by atoms with Gasteiger partial charge in [-0.25, -0.2) is 9.59 Å². The predicted octanol–water partition coefficient (Wildman–Crippen LogP) is 1.54. The lowest BCUT2D eigenvalue weighted by Crippen LogP contribution is -2.35. The fourth-order valence-electron chi connectivity index (χ4n) is 1.49. The van der Waals surface area contributed by atoms with Crippen molar-refractivity contribution in [1.29, 1.82) is 0 Å². The smallest absolute Gasteiger partial charge is 0.338 e. The van der Waals surface area contributed by atoms with Crippen molar-refractivity contribution < 1.29 is 23.9 Å². The average molecular weight is 293 g/mol. The van der Waals surface area contributed by atoms with Crippen LogP contribution in [0.3, 0.4) is 0 Å². The fraction of sp³-hybridized carbons (Fsp3) is 0.400. The molecular formula is C15H19NO5. The highest BCUT2D eigenvalue weighted by Crippen LogP contribution is 2.07. The molecule has 6 nitrogen and oxygen atoms in total. The molecule has 0 spiro atoms. The van der Waals surface area contributed by atoms with Gasteiger partial charge in [0.15, 0.2) is 6.61 Å². The highest BCUT2D eigenvalue weighted by molar-refractivity contribution is 5.94. The van der Waals surface area contributed by atoms with Crippen LogP contribution in [0.5, 0.6) is 0 Å². The van der Waals surface area contributed by atoms with Gasteiger partial charge >= 0.3 is 11.9 Å². The Morgan fingerprint density at radius 3 is 2.10 bits per heavy atom. The summed E-state index contributed by atoms with van der Waals surface area (Å²) in [5.41, 5.74) is 0.600. The Morgan fingerprint density at radius 1 is 1.10 bits per heavy atom. The molecule has 6 heteroatoms. The van der Waals surface area contributed by atoms with Crippen molar-refractivity contribution in [2.75, 3.05) is 13.7 Å². The molecule has 0 saturated carbocycles. The second-order valence-corrected chi connectivity index (χ2v) is 4.52. The number of rotatable bonds is 6. The van der Waals surface area contributed by atoms with Gasteiger partial charge in [0.05, 0.1) is 18.2 Å². The minimum absolute atomic E-state index is 0.0375. The van der Waals surface area contributed by atoms with Crippen molar-refractivity contribution in [2.24, 2.45) is 0 Å². The Morgan fingerprint density at radius 2 is 1.62 bits per heavy atom. The van der Waals surface area contributed by atoms with E-state index in [1.165, 1.54) is 31.4 Å². The molecule has 0 unspecified atom stereocenters. The molecule has 0 bridgehead atoms. The van der Waals surface area contributed by atoms with E-state index in [2.05, 4.69) is 10.1 Å². The zero-order valence-corrected chi connectivity index (χ0v) is 12.3. The molecule has 0 heterocycles. The second-order valence-electron chi connectivity index (χ2n) is 4.52. The number of nitrogens with one attached hydrogen (secondary N) is 1. The molecule has 1 rings (SSSR count). The third-order valence-electron chi connectivity index (χ3n) is 2.90. The van der Waals surface area contributed by atoms with Crippen molar-refractivity contribution >= 4 is 17.8 Å². The van der Waals surface area contributed by atoms with Crippen molar-refractivity contribution in [3.05, 3.63) is 35.4 Å². The Kier molecular flexibility index (Phi) is 6.39. The summed E-state index contributed by atoms with van der Waals surface area (Å²) in [5, 5.41) is 2.69. The quantitative estimate of drug-likeness (QED) is 0.805. The van der Waals surface area contributed by atoms with Crippen LogP contribution in [0.2, 0.25) is 0 Å². The van der Waals surface area contributed by atoms with E-state index in [1.807, 2.05) is 13.8 Å². The fourth-order valence-corrected chi connectivity index (χ4v) is 1.49. The van der Waals surface area contributed by atoms with E-state index in [9.17, 15) is 14.4 Å². The summed E-state index contributed by atoms with van der Waals surface area (Å²) in [4.78, 5) is 34.5. The molecule has 0 aromatic heterocycles. The molecule has 0 aliphatic heterocycles. The van der Waals surface area contributed by atoms with Crippen molar-refractivity contribution in [2.45, 2.75) is 26.3 Å². The lowest BCUT2D eigenvalue weighted by molar-refractivity contribution is -0.124. The molecule has 1 N–H and O–H groups in total. The topological polar surface area (TPSA) is 81.7 Å². The molecular weight excluding hydrogens is 274 g/mol. The standard InChI is InChI=1S/C15H19NO5/c1-4-10(2)16-13(17)9-21-15(19)12-7-5-11(6-8-12)14(18)20-3/h5-8,10H,4,9H2,1-3H3,(H,16,17)/t10-/m0/s1. The van der Waals surface area contributed by atoms with E-state index in [1.54, 1.807) is 0 Å². The summed E-state index contributed by atoms with van der Waals surface area (Å²) in [6.07, 6.45) is 0.800. The predicted molar refractivity (Wildman–Crippen MR) is 76.0 cm³/mol. The van der Waals surface area contributed by atoms with Crippen LogP contribution < -0.4 is 5.32 Å².